The Morgan fingerprint density at radius 1 is 1.12 bits per heavy atom. The average molecular weight is 362 g/mol. The monoisotopic (exact) mass is 362 g/mol. The molecular formula is C18H26N4O4. The van der Waals surface area contributed by atoms with Crippen molar-refractivity contribution < 1.29 is 19.1 Å². The molecule has 1 aromatic carbocycles. The Kier molecular flexibility index (Phi) is 8.83. The van der Waals surface area contributed by atoms with Crippen molar-refractivity contribution in [2.24, 2.45) is 11.0 Å². The molecule has 3 N–H and O–H groups in total. The molecule has 8 heteroatoms. The maximum atomic E-state index is 12.0. The molecule has 0 aliphatic rings. The van der Waals surface area contributed by atoms with Crippen LogP contribution in [0.15, 0.2) is 29.4 Å². The van der Waals surface area contributed by atoms with E-state index in [-0.39, 0.29) is 18.2 Å². The van der Waals surface area contributed by atoms with Crippen LogP contribution in [-0.2, 0) is 20.9 Å². The van der Waals surface area contributed by atoms with Gasteiger partial charge in [-0.3, -0.25) is 14.4 Å². The van der Waals surface area contributed by atoms with Crippen LogP contribution in [0.25, 0.3) is 0 Å². The molecule has 0 aliphatic heterocycles. The largest absolute Gasteiger partial charge is 0.496 e. The number of hydrogen-bond acceptors (Lipinski definition) is 5. The van der Waals surface area contributed by atoms with E-state index in [0.717, 1.165) is 5.56 Å². The lowest BCUT2D eigenvalue weighted by molar-refractivity contribution is -0.139. The predicted octanol–water partition coefficient (Wildman–Crippen LogP) is 0.966. The summed E-state index contributed by atoms with van der Waals surface area (Å²) in [5.74, 6) is -0.937. The number of methoxy groups -OCH3 is 1. The molecule has 3 amide bonds. The zero-order chi connectivity index (χ0) is 19.5. The zero-order valence-electron chi connectivity index (χ0n) is 15.6. The highest BCUT2D eigenvalue weighted by Gasteiger charge is 2.13. The maximum absolute atomic E-state index is 12.0. The van der Waals surface area contributed by atoms with Gasteiger partial charge >= 0.3 is 11.8 Å². The van der Waals surface area contributed by atoms with Crippen molar-refractivity contribution in [2.75, 3.05) is 13.7 Å². The zero-order valence-corrected chi connectivity index (χ0v) is 15.6. The van der Waals surface area contributed by atoms with E-state index in [2.05, 4.69) is 21.2 Å². The van der Waals surface area contributed by atoms with Crippen LogP contribution < -0.4 is 20.8 Å². The molecule has 0 aliphatic carbocycles. The summed E-state index contributed by atoms with van der Waals surface area (Å²) >= 11 is 0. The molecule has 8 nitrogen and oxygen atoms in total. The van der Waals surface area contributed by atoms with Crippen LogP contribution in [0.3, 0.4) is 0 Å². The van der Waals surface area contributed by atoms with Gasteiger partial charge in [-0.05, 0) is 18.9 Å². The van der Waals surface area contributed by atoms with E-state index in [4.69, 9.17) is 4.74 Å². The van der Waals surface area contributed by atoms with Gasteiger partial charge in [-0.2, -0.15) is 5.10 Å². The molecule has 0 bridgehead atoms. The van der Waals surface area contributed by atoms with Gasteiger partial charge in [-0.15, -0.1) is 0 Å². The van der Waals surface area contributed by atoms with Crippen LogP contribution in [0.4, 0.5) is 0 Å². The summed E-state index contributed by atoms with van der Waals surface area (Å²) in [6.45, 7) is 6.16. The second-order valence-electron chi connectivity index (χ2n) is 6.16. The molecule has 0 saturated heterocycles. The first-order valence-corrected chi connectivity index (χ1v) is 8.33. The Morgan fingerprint density at radius 2 is 1.81 bits per heavy atom. The second kappa shape index (κ2) is 10.9. The number of benzene rings is 1. The Morgan fingerprint density at radius 3 is 2.46 bits per heavy atom. The number of hydrazone groups is 1. The second-order valence-corrected chi connectivity index (χ2v) is 6.16. The van der Waals surface area contributed by atoms with E-state index in [0.29, 0.717) is 24.6 Å². The number of rotatable bonds is 8. The van der Waals surface area contributed by atoms with Gasteiger partial charge in [0.1, 0.15) is 5.75 Å². The highest BCUT2D eigenvalue weighted by Crippen LogP contribution is 2.16. The standard InChI is InChI=1S/C18H26N4O4/c1-12(2)10-20-17(24)18(25)22-21-13(3)9-16(23)19-11-14-7-5-6-8-15(14)26-4/h5-8,12H,9-11H2,1-4H3,(H,19,23)(H,20,24)(H,22,25). The Hall–Kier alpha value is -2.90. The first-order valence-electron chi connectivity index (χ1n) is 8.33. The number of nitrogens with zero attached hydrogens (tertiary/aromatic N) is 1. The van der Waals surface area contributed by atoms with Crippen molar-refractivity contribution >= 4 is 23.4 Å². The van der Waals surface area contributed by atoms with Crippen molar-refractivity contribution in [3.8, 4) is 5.75 Å². The molecule has 142 valence electrons. The third-order valence-electron chi connectivity index (χ3n) is 3.31. The van der Waals surface area contributed by atoms with Gasteiger partial charge in [0.05, 0.1) is 13.5 Å². The SMILES string of the molecule is COc1ccccc1CNC(=O)CC(C)=NNC(=O)C(=O)NCC(C)C. The van der Waals surface area contributed by atoms with Gasteiger partial charge in [0.25, 0.3) is 0 Å². The lowest BCUT2D eigenvalue weighted by Crippen LogP contribution is -2.39. The fourth-order valence-corrected chi connectivity index (χ4v) is 1.95. The van der Waals surface area contributed by atoms with Gasteiger partial charge in [-0.25, -0.2) is 5.43 Å². The summed E-state index contributed by atoms with van der Waals surface area (Å²) in [6, 6.07) is 7.38. The summed E-state index contributed by atoms with van der Waals surface area (Å²) in [5.41, 5.74) is 3.38. The van der Waals surface area contributed by atoms with Crippen LogP contribution in [0.5, 0.6) is 5.75 Å². The highest BCUT2D eigenvalue weighted by atomic mass is 16.5. The van der Waals surface area contributed by atoms with E-state index < -0.39 is 11.8 Å². The van der Waals surface area contributed by atoms with E-state index in [1.165, 1.54) is 0 Å². The number of carbonyl (C=O) groups excluding carboxylic acids is 3. The molecule has 26 heavy (non-hydrogen) atoms. The molecule has 1 rings (SSSR count). The Labute approximate surface area is 153 Å². The number of para-hydroxylation sites is 1. The number of carbonyl (C=O) groups is 3. The van der Waals surface area contributed by atoms with Gasteiger partial charge in [0.15, 0.2) is 0 Å². The molecule has 0 radical (unpaired) electrons. The third-order valence-corrected chi connectivity index (χ3v) is 3.31. The molecule has 0 atom stereocenters. The number of ether oxygens (including phenoxy) is 1. The minimum atomic E-state index is -0.862. The Bertz CT molecular complexity index is 671. The number of amides is 3. The van der Waals surface area contributed by atoms with Crippen LogP contribution in [0, 0.1) is 5.92 Å². The smallest absolute Gasteiger partial charge is 0.329 e. The molecule has 0 saturated carbocycles. The van der Waals surface area contributed by atoms with Crippen LogP contribution in [0.2, 0.25) is 0 Å². The van der Waals surface area contributed by atoms with Crippen molar-refractivity contribution in [3.63, 3.8) is 0 Å². The molecule has 0 unspecified atom stereocenters. The van der Waals surface area contributed by atoms with E-state index in [1.54, 1.807) is 14.0 Å². The van der Waals surface area contributed by atoms with Crippen molar-refractivity contribution in [3.05, 3.63) is 29.8 Å². The van der Waals surface area contributed by atoms with E-state index in [9.17, 15) is 14.4 Å². The maximum Gasteiger partial charge on any atom is 0.329 e. The van der Waals surface area contributed by atoms with Crippen LogP contribution in [0.1, 0.15) is 32.8 Å². The molecule has 0 heterocycles. The number of hydrogen-bond donors (Lipinski definition) is 3. The lowest BCUT2D eigenvalue weighted by atomic mass is 10.2. The lowest BCUT2D eigenvalue weighted by Gasteiger charge is -2.09. The van der Waals surface area contributed by atoms with Crippen molar-refractivity contribution in [2.45, 2.75) is 33.7 Å². The first-order chi connectivity index (χ1) is 12.3. The van der Waals surface area contributed by atoms with E-state index in [1.807, 2.05) is 38.1 Å². The normalized spacial score (nSPS) is 11.0. The number of nitrogens with one attached hydrogen (secondary N) is 3. The quantitative estimate of drug-likeness (QED) is 0.364. The summed E-state index contributed by atoms with van der Waals surface area (Å²) in [6.07, 6.45) is 0.00302. The van der Waals surface area contributed by atoms with Crippen molar-refractivity contribution in [1.82, 2.24) is 16.1 Å². The van der Waals surface area contributed by atoms with E-state index >= 15 is 0 Å². The molecule has 0 aromatic heterocycles. The average Bonchev–Trinajstić information content (AvgIpc) is 2.62. The summed E-state index contributed by atoms with van der Waals surface area (Å²) < 4.78 is 5.22. The van der Waals surface area contributed by atoms with Gasteiger partial charge < -0.3 is 15.4 Å². The molecule has 1 aromatic rings. The minimum absolute atomic E-state index is 0.00302. The van der Waals surface area contributed by atoms with Gasteiger partial charge in [0, 0.05) is 24.4 Å². The topological polar surface area (TPSA) is 109 Å². The Balaban J connectivity index is 2.42. The van der Waals surface area contributed by atoms with Gasteiger partial charge in [-0.1, -0.05) is 32.0 Å². The molecule has 0 fully saturated rings. The van der Waals surface area contributed by atoms with Gasteiger partial charge in [0.2, 0.25) is 5.91 Å². The predicted molar refractivity (Wildman–Crippen MR) is 98.6 cm³/mol. The molecule has 0 spiro atoms. The van der Waals surface area contributed by atoms with Crippen LogP contribution in [-0.4, -0.2) is 37.1 Å². The summed E-state index contributed by atoms with van der Waals surface area (Å²) in [7, 11) is 1.57. The fourth-order valence-electron chi connectivity index (χ4n) is 1.95. The summed E-state index contributed by atoms with van der Waals surface area (Å²) in [5, 5.41) is 9.01. The fraction of sp³-hybridized carbons (Fsp3) is 0.444. The highest BCUT2D eigenvalue weighted by molar-refractivity contribution is 6.35. The minimum Gasteiger partial charge on any atom is -0.496 e. The van der Waals surface area contributed by atoms with Crippen LogP contribution >= 0.6 is 0 Å². The van der Waals surface area contributed by atoms with Crippen molar-refractivity contribution in [1.29, 1.82) is 0 Å². The third kappa shape index (κ3) is 7.78. The molecular weight excluding hydrogens is 336 g/mol. The first kappa shape index (κ1) is 21.1. The summed E-state index contributed by atoms with van der Waals surface area (Å²) in [4.78, 5) is 35.1.